The monoisotopic (exact) mass is 605 g/mol. The standard InChI is InChI=1S/C22H24N2O4S.C9H11N3O2/c1-14-5-6-15-3-2-4-16-7-9-19(22(25)24(14)21(15)16)23-29(26,27)18-8-10-20-17(13-18)11-12-28-20;10-9(12-14)8-3-1-7(2-4-8)5-11-6-13/h2-4,8,10,13-14,19,23H,5-7,9,11-12H2,1H3;1-4,6,14H,5H2,(H2,10,12)(H,11,13). The highest BCUT2D eigenvalue weighted by Gasteiger charge is 2.38. The number of nitrogens with two attached hydrogens (primary N) is 1. The number of carbonyl (C=O) groups is 2. The van der Waals surface area contributed by atoms with Crippen molar-refractivity contribution in [3.8, 4) is 5.75 Å². The second kappa shape index (κ2) is 12.8. The summed E-state index contributed by atoms with van der Waals surface area (Å²) in [7, 11) is -3.81. The van der Waals surface area contributed by atoms with Gasteiger partial charge in [-0.25, -0.2) is 8.42 Å². The molecule has 43 heavy (non-hydrogen) atoms. The van der Waals surface area contributed by atoms with Crippen LogP contribution >= 0.6 is 0 Å². The lowest BCUT2D eigenvalue weighted by atomic mass is 9.93. The van der Waals surface area contributed by atoms with Gasteiger partial charge in [-0.05, 0) is 73.1 Å². The highest BCUT2D eigenvalue weighted by Crippen LogP contribution is 2.37. The van der Waals surface area contributed by atoms with E-state index >= 15 is 0 Å². The Morgan fingerprint density at radius 3 is 2.49 bits per heavy atom. The van der Waals surface area contributed by atoms with Crippen molar-refractivity contribution in [2.45, 2.75) is 62.6 Å². The van der Waals surface area contributed by atoms with E-state index in [0.717, 1.165) is 41.0 Å². The van der Waals surface area contributed by atoms with Gasteiger partial charge in [-0.3, -0.25) is 9.59 Å². The van der Waals surface area contributed by atoms with Gasteiger partial charge < -0.3 is 25.9 Å². The largest absolute Gasteiger partial charge is 0.493 e. The summed E-state index contributed by atoms with van der Waals surface area (Å²) in [5.41, 5.74) is 11.1. The van der Waals surface area contributed by atoms with Crippen molar-refractivity contribution in [3.05, 3.63) is 88.5 Å². The number of amidine groups is 1. The molecule has 0 saturated carbocycles. The Morgan fingerprint density at radius 1 is 1.07 bits per heavy atom. The lowest BCUT2D eigenvalue weighted by Gasteiger charge is -2.37. The number of benzene rings is 3. The van der Waals surface area contributed by atoms with E-state index in [1.807, 2.05) is 17.9 Å². The van der Waals surface area contributed by atoms with Crippen molar-refractivity contribution in [1.29, 1.82) is 0 Å². The average Bonchev–Trinajstić information content (AvgIpc) is 3.45. The Hall–Kier alpha value is -4.42. The number of hydrogen-bond acceptors (Lipinski definition) is 7. The maximum Gasteiger partial charge on any atom is 0.245 e. The molecule has 0 fully saturated rings. The van der Waals surface area contributed by atoms with Crippen LogP contribution in [0.25, 0.3) is 0 Å². The minimum atomic E-state index is -3.81. The number of amides is 2. The van der Waals surface area contributed by atoms with Crippen molar-refractivity contribution >= 4 is 33.9 Å². The normalized spacial score (nSPS) is 19.2. The summed E-state index contributed by atoms with van der Waals surface area (Å²) in [6.45, 7) is 3.08. The topological polar surface area (TPSA) is 163 Å². The molecule has 0 aliphatic carbocycles. The summed E-state index contributed by atoms with van der Waals surface area (Å²) in [5, 5.41) is 13.8. The van der Waals surface area contributed by atoms with Crippen LogP contribution in [0, 0.1) is 0 Å². The Bertz CT molecular complexity index is 1640. The quantitative estimate of drug-likeness (QED) is 0.106. The van der Waals surface area contributed by atoms with Gasteiger partial charge in [0.1, 0.15) is 11.8 Å². The number of para-hydroxylation sites is 1. The average molecular weight is 606 g/mol. The molecule has 3 aromatic carbocycles. The summed E-state index contributed by atoms with van der Waals surface area (Å²) in [4.78, 5) is 25.4. The summed E-state index contributed by atoms with van der Waals surface area (Å²) >= 11 is 0. The smallest absolute Gasteiger partial charge is 0.245 e. The van der Waals surface area contributed by atoms with Gasteiger partial charge in [-0.2, -0.15) is 4.72 Å². The van der Waals surface area contributed by atoms with Crippen LogP contribution in [-0.2, 0) is 45.4 Å². The van der Waals surface area contributed by atoms with E-state index in [2.05, 4.69) is 27.3 Å². The van der Waals surface area contributed by atoms with Gasteiger partial charge in [0.2, 0.25) is 22.3 Å². The predicted molar refractivity (Wildman–Crippen MR) is 162 cm³/mol. The number of fused-ring (bicyclic) bond motifs is 1. The summed E-state index contributed by atoms with van der Waals surface area (Å²) < 4.78 is 34.3. The second-order valence-electron chi connectivity index (χ2n) is 10.8. The number of sulfonamides is 1. The number of nitrogens with one attached hydrogen (secondary N) is 2. The molecule has 0 radical (unpaired) electrons. The zero-order valence-electron chi connectivity index (χ0n) is 23.8. The van der Waals surface area contributed by atoms with Crippen LogP contribution in [-0.4, -0.2) is 50.5 Å². The van der Waals surface area contributed by atoms with Crippen LogP contribution in [0.5, 0.6) is 5.75 Å². The highest BCUT2D eigenvalue weighted by atomic mass is 32.2. The molecule has 0 bridgehead atoms. The van der Waals surface area contributed by atoms with E-state index in [-0.39, 0.29) is 22.7 Å². The zero-order valence-corrected chi connectivity index (χ0v) is 24.6. The van der Waals surface area contributed by atoms with Gasteiger partial charge >= 0.3 is 0 Å². The number of oxime groups is 1. The molecule has 3 aliphatic heterocycles. The molecule has 12 heteroatoms. The molecule has 2 amide bonds. The first-order valence-electron chi connectivity index (χ1n) is 14.2. The molecule has 0 saturated heterocycles. The van der Waals surface area contributed by atoms with Crippen molar-refractivity contribution in [2.24, 2.45) is 10.9 Å². The number of rotatable bonds is 7. The lowest BCUT2D eigenvalue weighted by molar-refractivity contribution is -0.120. The van der Waals surface area contributed by atoms with Crippen molar-refractivity contribution in [3.63, 3.8) is 0 Å². The van der Waals surface area contributed by atoms with Crippen LogP contribution in [0.3, 0.4) is 0 Å². The van der Waals surface area contributed by atoms with Gasteiger partial charge in [0.25, 0.3) is 0 Å². The first-order chi connectivity index (χ1) is 20.7. The number of ether oxygens (including phenoxy) is 1. The maximum atomic E-state index is 13.4. The number of anilines is 1. The summed E-state index contributed by atoms with van der Waals surface area (Å²) in [5.74, 6) is 0.649. The Labute approximate surface area is 250 Å². The van der Waals surface area contributed by atoms with Gasteiger partial charge in [-0.1, -0.05) is 47.6 Å². The van der Waals surface area contributed by atoms with E-state index in [1.54, 1.807) is 42.5 Å². The second-order valence-corrected chi connectivity index (χ2v) is 12.5. The highest BCUT2D eigenvalue weighted by molar-refractivity contribution is 7.89. The molecular formula is C31H35N5O6S. The SMILES string of the molecule is CC1CCc2cccc3c2N1C(=O)C(NS(=O)(=O)c1ccc2c(c1)CCO2)CC3.N/C(=N\O)c1ccc(CNC=O)cc1. The fourth-order valence-electron chi connectivity index (χ4n) is 5.70. The summed E-state index contributed by atoms with van der Waals surface area (Å²) in [6, 6.07) is 17.4. The van der Waals surface area contributed by atoms with Crippen LogP contribution in [0.15, 0.2) is 70.7 Å². The van der Waals surface area contributed by atoms with E-state index in [9.17, 15) is 18.0 Å². The molecule has 2 unspecified atom stereocenters. The third kappa shape index (κ3) is 6.50. The molecular weight excluding hydrogens is 570 g/mol. The van der Waals surface area contributed by atoms with Crippen LogP contribution < -0.4 is 25.4 Å². The number of aryl methyl sites for hydroxylation is 2. The molecule has 2 atom stereocenters. The lowest BCUT2D eigenvalue weighted by Crippen LogP contribution is -2.52. The van der Waals surface area contributed by atoms with Gasteiger partial charge in [0.15, 0.2) is 5.84 Å². The number of nitrogens with zero attached hydrogens (tertiary/aromatic N) is 2. The van der Waals surface area contributed by atoms with E-state index < -0.39 is 16.1 Å². The van der Waals surface area contributed by atoms with Crippen LogP contribution in [0.2, 0.25) is 0 Å². The first kappa shape index (κ1) is 30.1. The molecule has 0 aromatic heterocycles. The summed E-state index contributed by atoms with van der Waals surface area (Å²) in [6.07, 6.45) is 4.28. The number of carbonyl (C=O) groups excluding carboxylic acids is 2. The molecule has 0 spiro atoms. The van der Waals surface area contributed by atoms with Gasteiger partial charge in [0.05, 0.1) is 17.2 Å². The molecule has 5 N–H and O–H groups in total. The molecule has 3 aromatic rings. The predicted octanol–water partition coefficient (Wildman–Crippen LogP) is 2.61. The third-order valence-electron chi connectivity index (χ3n) is 7.97. The van der Waals surface area contributed by atoms with E-state index in [1.165, 1.54) is 5.56 Å². The molecule has 11 nitrogen and oxygen atoms in total. The third-order valence-corrected chi connectivity index (χ3v) is 9.44. The molecule has 6 rings (SSSR count). The molecule has 3 aliphatic rings. The Kier molecular flexibility index (Phi) is 8.97. The Morgan fingerprint density at radius 2 is 1.79 bits per heavy atom. The van der Waals surface area contributed by atoms with E-state index in [0.29, 0.717) is 44.4 Å². The van der Waals surface area contributed by atoms with Gasteiger partial charge in [0, 0.05) is 24.6 Å². The maximum absolute atomic E-state index is 13.4. The molecule has 226 valence electrons. The van der Waals surface area contributed by atoms with Crippen molar-refractivity contribution in [2.75, 3.05) is 11.5 Å². The fraction of sp³-hybridized carbons (Fsp3) is 0.323. The van der Waals surface area contributed by atoms with E-state index in [4.69, 9.17) is 15.7 Å². The minimum Gasteiger partial charge on any atom is -0.493 e. The molecule has 3 heterocycles. The van der Waals surface area contributed by atoms with Crippen molar-refractivity contribution < 1.29 is 28.0 Å². The zero-order chi connectivity index (χ0) is 30.6. The van der Waals surface area contributed by atoms with Crippen LogP contribution in [0.4, 0.5) is 5.69 Å². The Balaban J connectivity index is 0.000000222. The van der Waals surface area contributed by atoms with Gasteiger partial charge in [-0.15, -0.1) is 0 Å². The fourth-order valence-corrected chi connectivity index (χ4v) is 6.97. The first-order valence-corrected chi connectivity index (χ1v) is 15.7. The van der Waals surface area contributed by atoms with Crippen molar-refractivity contribution in [1.82, 2.24) is 10.0 Å². The number of hydrogen-bond donors (Lipinski definition) is 4. The van der Waals surface area contributed by atoms with Crippen LogP contribution in [0.1, 0.15) is 47.6 Å². The minimum absolute atomic E-state index is 0.0541.